The van der Waals surface area contributed by atoms with Gasteiger partial charge in [-0.3, -0.25) is 0 Å². The molecule has 2 aliphatic rings. The molecule has 2 aromatic carbocycles. The number of aliphatic hydroxyl groups is 1. The molecule has 2 bridgehead atoms. The van der Waals surface area contributed by atoms with E-state index in [0.717, 1.165) is 17.3 Å². The summed E-state index contributed by atoms with van der Waals surface area (Å²) in [5.74, 6) is -0.561. The van der Waals surface area contributed by atoms with Gasteiger partial charge in [0, 0.05) is 25.7 Å². The molecule has 4 heteroatoms. The summed E-state index contributed by atoms with van der Waals surface area (Å²) in [6, 6.07) is 19.4. The lowest BCUT2D eigenvalue weighted by molar-refractivity contribution is -0.949. The minimum atomic E-state index is -1.79. The molecule has 2 aliphatic heterocycles. The molecule has 2 fully saturated rings. The van der Waals surface area contributed by atoms with Gasteiger partial charge in [-0.2, -0.15) is 0 Å². The van der Waals surface area contributed by atoms with Gasteiger partial charge in [-0.1, -0.05) is 74.0 Å². The Morgan fingerprint density at radius 3 is 1.97 bits per heavy atom. The first-order valence-electron chi connectivity index (χ1n) is 11.4. The molecule has 2 unspecified atom stereocenters. The first-order chi connectivity index (χ1) is 14.5. The number of hydrogen-bond donors (Lipinski definition) is 1. The highest BCUT2D eigenvalue weighted by atomic mass is 16.6. The zero-order chi connectivity index (χ0) is 21.2. The second-order valence-corrected chi connectivity index (χ2v) is 9.25. The molecule has 30 heavy (non-hydrogen) atoms. The number of unbranched alkanes of at least 4 members (excludes halogenated alkanes) is 1. The minimum Gasteiger partial charge on any atom is -0.459 e. The van der Waals surface area contributed by atoms with Crippen LogP contribution in [-0.4, -0.2) is 47.3 Å². The zero-order valence-corrected chi connectivity index (χ0v) is 18.2. The molecule has 0 spiro atoms. The van der Waals surface area contributed by atoms with E-state index >= 15 is 0 Å². The Morgan fingerprint density at radius 2 is 1.50 bits per heavy atom. The summed E-state index contributed by atoms with van der Waals surface area (Å²) in [6.07, 6.45) is 6.54. The van der Waals surface area contributed by atoms with Gasteiger partial charge >= 0.3 is 5.97 Å². The van der Waals surface area contributed by atoms with Crippen molar-refractivity contribution in [2.75, 3.05) is 13.6 Å². The molecule has 2 saturated heterocycles. The predicted octanol–water partition coefficient (Wildman–Crippen LogP) is 4.41. The standard InChI is InChI=1S/C26H34NO3/c1-3-4-17-27(2)22-15-16-23(27)19-24(18-22)30-25(28)26(29,20-11-7-5-8-12-20)21-13-9-6-10-14-21/h5-14,22-24,29H,3-4,15-19H2,1-2H3/q+1. The van der Waals surface area contributed by atoms with E-state index < -0.39 is 11.6 Å². The van der Waals surface area contributed by atoms with Crippen LogP contribution in [0, 0.1) is 0 Å². The number of hydrogen-bond acceptors (Lipinski definition) is 3. The molecule has 2 atom stereocenters. The van der Waals surface area contributed by atoms with Gasteiger partial charge in [0.05, 0.1) is 25.7 Å². The van der Waals surface area contributed by atoms with E-state index in [2.05, 4.69) is 14.0 Å². The molecular weight excluding hydrogens is 374 g/mol. The normalized spacial score (nSPS) is 28.3. The van der Waals surface area contributed by atoms with Crippen LogP contribution >= 0.6 is 0 Å². The van der Waals surface area contributed by atoms with E-state index in [1.54, 1.807) is 24.3 Å². The van der Waals surface area contributed by atoms with Crippen molar-refractivity contribution in [1.82, 2.24) is 0 Å². The van der Waals surface area contributed by atoms with Crippen molar-refractivity contribution in [3.8, 4) is 0 Å². The van der Waals surface area contributed by atoms with Crippen molar-refractivity contribution in [1.29, 1.82) is 0 Å². The highest BCUT2D eigenvalue weighted by Gasteiger charge is 2.53. The van der Waals surface area contributed by atoms with Crippen molar-refractivity contribution in [3.63, 3.8) is 0 Å². The van der Waals surface area contributed by atoms with Gasteiger partial charge in [0.25, 0.3) is 0 Å². The lowest BCUT2D eigenvalue weighted by atomic mass is 9.86. The van der Waals surface area contributed by atoms with Crippen LogP contribution in [0.1, 0.15) is 56.6 Å². The SMILES string of the molecule is CCCC[N+]1(C)C2CCC1CC(OC(=O)C(O)(c1ccccc1)c1ccccc1)C2. The smallest absolute Gasteiger partial charge is 0.347 e. The number of fused-ring (bicyclic) bond motifs is 2. The van der Waals surface area contributed by atoms with E-state index in [4.69, 9.17) is 4.74 Å². The molecule has 0 radical (unpaired) electrons. The van der Waals surface area contributed by atoms with Gasteiger partial charge in [-0.15, -0.1) is 0 Å². The third-order valence-electron chi connectivity index (χ3n) is 7.52. The average molecular weight is 409 g/mol. The fourth-order valence-corrected chi connectivity index (χ4v) is 5.65. The van der Waals surface area contributed by atoms with Crippen LogP contribution in [0.15, 0.2) is 60.7 Å². The molecule has 0 aromatic heterocycles. The molecule has 0 aliphatic carbocycles. The van der Waals surface area contributed by atoms with Crippen LogP contribution in [0.3, 0.4) is 0 Å². The number of carbonyl (C=O) groups excluding carboxylic acids is 1. The van der Waals surface area contributed by atoms with E-state index in [1.807, 2.05) is 36.4 Å². The van der Waals surface area contributed by atoms with E-state index in [0.29, 0.717) is 23.2 Å². The highest BCUT2D eigenvalue weighted by Crippen LogP contribution is 2.43. The number of rotatable bonds is 7. The van der Waals surface area contributed by atoms with Gasteiger partial charge in [-0.25, -0.2) is 4.79 Å². The Kier molecular flexibility index (Phi) is 5.99. The largest absolute Gasteiger partial charge is 0.459 e. The minimum absolute atomic E-state index is 0.123. The predicted molar refractivity (Wildman–Crippen MR) is 118 cm³/mol. The Labute approximate surface area is 180 Å². The summed E-state index contributed by atoms with van der Waals surface area (Å²) in [5, 5.41) is 11.6. The monoisotopic (exact) mass is 408 g/mol. The lowest BCUT2D eigenvalue weighted by Crippen LogP contribution is -2.59. The van der Waals surface area contributed by atoms with Gasteiger partial charge in [0.15, 0.2) is 0 Å². The van der Waals surface area contributed by atoms with E-state index in [1.165, 1.54) is 32.2 Å². The van der Waals surface area contributed by atoms with Crippen LogP contribution in [0.4, 0.5) is 0 Å². The number of piperidine rings is 1. The van der Waals surface area contributed by atoms with Crippen molar-refractivity contribution in [3.05, 3.63) is 71.8 Å². The maximum Gasteiger partial charge on any atom is 0.347 e. The molecule has 4 nitrogen and oxygen atoms in total. The Balaban J connectivity index is 1.55. The highest BCUT2D eigenvalue weighted by molar-refractivity contribution is 5.85. The number of carbonyl (C=O) groups is 1. The lowest BCUT2D eigenvalue weighted by Gasteiger charge is -2.47. The van der Waals surface area contributed by atoms with E-state index in [9.17, 15) is 9.90 Å². The maximum absolute atomic E-state index is 13.4. The third kappa shape index (κ3) is 3.67. The number of ether oxygens (including phenoxy) is 1. The van der Waals surface area contributed by atoms with Gasteiger partial charge < -0.3 is 14.3 Å². The van der Waals surface area contributed by atoms with Crippen molar-refractivity contribution in [2.24, 2.45) is 0 Å². The third-order valence-corrected chi connectivity index (χ3v) is 7.52. The summed E-state index contributed by atoms with van der Waals surface area (Å²) < 4.78 is 7.17. The molecule has 2 heterocycles. The number of nitrogens with zero attached hydrogens (tertiary/aromatic N) is 1. The topological polar surface area (TPSA) is 46.5 Å². The van der Waals surface area contributed by atoms with Crippen LogP contribution in [0.25, 0.3) is 0 Å². The maximum atomic E-state index is 13.4. The zero-order valence-electron chi connectivity index (χ0n) is 18.2. The first kappa shape index (κ1) is 21.1. The molecular formula is C26H34NO3+. The Morgan fingerprint density at radius 1 is 1.00 bits per heavy atom. The second kappa shape index (κ2) is 8.52. The Bertz CT molecular complexity index is 798. The summed E-state index contributed by atoms with van der Waals surface area (Å²) in [4.78, 5) is 13.4. The summed E-state index contributed by atoms with van der Waals surface area (Å²) in [7, 11) is 2.39. The van der Waals surface area contributed by atoms with Crippen LogP contribution < -0.4 is 0 Å². The van der Waals surface area contributed by atoms with Crippen molar-refractivity contribution in [2.45, 2.75) is 69.2 Å². The van der Waals surface area contributed by atoms with Crippen LogP contribution in [0.5, 0.6) is 0 Å². The van der Waals surface area contributed by atoms with Crippen molar-refractivity contribution < 1.29 is 19.1 Å². The summed E-state index contributed by atoms with van der Waals surface area (Å²) >= 11 is 0. The molecule has 0 amide bonds. The van der Waals surface area contributed by atoms with Crippen LogP contribution in [-0.2, 0) is 15.1 Å². The average Bonchev–Trinajstić information content (AvgIpc) is 2.94. The number of benzene rings is 2. The molecule has 2 aromatic rings. The summed E-state index contributed by atoms with van der Waals surface area (Å²) in [5.41, 5.74) is -0.702. The van der Waals surface area contributed by atoms with Gasteiger partial charge in [-0.05, 0) is 17.5 Å². The van der Waals surface area contributed by atoms with E-state index in [-0.39, 0.29) is 6.10 Å². The van der Waals surface area contributed by atoms with Gasteiger partial charge in [0.1, 0.15) is 6.10 Å². The second-order valence-electron chi connectivity index (χ2n) is 9.25. The first-order valence-corrected chi connectivity index (χ1v) is 11.4. The fourth-order valence-electron chi connectivity index (χ4n) is 5.65. The molecule has 160 valence electrons. The summed E-state index contributed by atoms with van der Waals surface area (Å²) in [6.45, 7) is 3.46. The van der Waals surface area contributed by atoms with Crippen LogP contribution in [0.2, 0.25) is 0 Å². The van der Waals surface area contributed by atoms with Gasteiger partial charge in [0.2, 0.25) is 5.60 Å². The molecule has 4 rings (SSSR count). The number of quaternary nitrogens is 1. The number of esters is 1. The molecule has 0 saturated carbocycles. The fraction of sp³-hybridized carbons (Fsp3) is 0.500. The molecule has 1 N–H and O–H groups in total. The van der Waals surface area contributed by atoms with Crippen molar-refractivity contribution >= 4 is 5.97 Å². The Hall–Kier alpha value is -2.17. The quantitative estimate of drug-likeness (QED) is 0.545.